The number of amides is 1. The molecule has 2 saturated heterocycles. The molecule has 1 aromatic heterocycles. The minimum atomic E-state index is -2.93. The molecule has 0 bridgehead atoms. The van der Waals surface area contributed by atoms with E-state index in [-0.39, 0.29) is 29.7 Å². The smallest absolute Gasteiger partial charge is 0.388 e. The van der Waals surface area contributed by atoms with Gasteiger partial charge in [-0.2, -0.15) is 8.78 Å². The number of carbonyl (C=O) groups excluding carboxylic acids is 1. The highest BCUT2D eigenvalue weighted by molar-refractivity contribution is 5.82. The standard InChI is InChI=1S/C18H22F2N2O4/c19-16(20)26-14-3-1-2-13(22-14)18(6-9-25-18)11-21-15(23)12-10-17(12)4-7-24-8-5-17/h1-3,12,16H,4-11H2,(H,21,23). The molecule has 0 aromatic carbocycles. The van der Waals surface area contributed by atoms with Crippen molar-refractivity contribution in [2.45, 2.75) is 37.9 Å². The molecule has 6 nitrogen and oxygen atoms in total. The van der Waals surface area contributed by atoms with Crippen LogP contribution in [0.15, 0.2) is 18.2 Å². The van der Waals surface area contributed by atoms with Gasteiger partial charge in [-0.25, -0.2) is 4.98 Å². The molecular formula is C18H22F2N2O4. The van der Waals surface area contributed by atoms with E-state index in [2.05, 4.69) is 15.0 Å². The van der Waals surface area contributed by atoms with E-state index in [4.69, 9.17) is 9.47 Å². The van der Waals surface area contributed by atoms with Crippen molar-refractivity contribution in [3.05, 3.63) is 23.9 Å². The first kappa shape index (κ1) is 17.6. The highest BCUT2D eigenvalue weighted by Gasteiger charge is 2.58. The van der Waals surface area contributed by atoms with E-state index >= 15 is 0 Å². The van der Waals surface area contributed by atoms with E-state index in [9.17, 15) is 13.6 Å². The van der Waals surface area contributed by atoms with Gasteiger partial charge in [0.25, 0.3) is 0 Å². The van der Waals surface area contributed by atoms with Gasteiger partial charge in [0.2, 0.25) is 11.8 Å². The van der Waals surface area contributed by atoms with Crippen LogP contribution in [0.1, 0.15) is 31.4 Å². The van der Waals surface area contributed by atoms with Crippen LogP contribution in [0.5, 0.6) is 5.88 Å². The van der Waals surface area contributed by atoms with E-state index in [1.807, 2.05) is 0 Å². The summed E-state index contributed by atoms with van der Waals surface area (Å²) in [5.74, 6) is -0.0891. The lowest BCUT2D eigenvalue weighted by molar-refractivity contribution is -0.158. The monoisotopic (exact) mass is 368 g/mol. The van der Waals surface area contributed by atoms with E-state index in [1.165, 1.54) is 6.07 Å². The van der Waals surface area contributed by atoms with Crippen molar-refractivity contribution in [1.29, 1.82) is 0 Å². The van der Waals surface area contributed by atoms with Gasteiger partial charge in [0.15, 0.2) is 0 Å². The second-order valence-electron chi connectivity index (χ2n) is 7.28. The third-order valence-electron chi connectivity index (χ3n) is 5.83. The zero-order valence-corrected chi connectivity index (χ0v) is 14.4. The van der Waals surface area contributed by atoms with Crippen LogP contribution in [0.3, 0.4) is 0 Å². The number of nitrogens with one attached hydrogen (secondary N) is 1. The van der Waals surface area contributed by atoms with Crippen molar-refractivity contribution in [1.82, 2.24) is 10.3 Å². The van der Waals surface area contributed by atoms with E-state index in [1.54, 1.807) is 12.1 Å². The molecule has 26 heavy (non-hydrogen) atoms. The van der Waals surface area contributed by atoms with Crippen molar-refractivity contribution in [2.75, 3.05) is 26.4 Å². The van der Waals surface area contributed by atoms with Crippen LogP contribution in [0, 0.1) is 11.3 Å². The van der Waals surface area contributed by atoms with Gasteiger partial charge < -0.3 is 19.5 Å². The molecule has 1 aliphatic carbocycles. The normalized spacial score (nSPS) is 29.3. The maximum Gasteiger partial charge on any atom is 0.388 e. The first-order chi connectivity index (χ1) is 12.5. The quantitative estimate of drug-likeness (QED) is 0.834. The number of halogens is 2. The lowest BCUT2D eigenvalue weighted by Gasteiger charge is -2.41. The van der Waals surface area contributed by atoms with Gasteiger partial charge in [0, 0.05) is 31.6 Å². The topological polar surface area (TPSA) is 69.7 Å². The highest BCUT2D eigenvalue weighted by atomic mass is 19.3. The SMILES string of the molecule is O=C(NCC1(c2cccc(OC(F)F)n2)CCO1)C1CC12CCOCC2. The first-order valence-corrected chi connectivity index (χ1v) is 8.95. The Balaban J connectivity index is 1.39. The summed E-state index contributed by atoms with van der Waals surface area (Å²) in [6.45, 7) is -0.668. The first-order valence-electron chi connectivity index (χ1n) is 8.95. The summed E-state index contributed by atoms with van der Waals surface area (Å²) in [4.78, 5) is 16.7. The summed E-state index contributed by atoms with van der Waals surface area (Å²) in [6, 6.07) is 4.68. The Kier molecular flexibility index (Phi) is 4.56. The van der Waals surface area contributed by atoms with Crippen LogP contribution in [0.4, 0.5) is 8.78 Å². The van der Waals surface area contributed by atoms with Crippen LogP contribution in [-0.2, 0) is 19.9 Å². The largest absolute Gasteiger partial charge is 0.417 e. The molecular weight excluding hydrogens is 346 g/mol. The number of aromatic nitrogens is 1. The summed E-state index contributed by atoms with van der Waals surface area (Å²) in [5.41, 5.74) is -0.160. The number of rotatable bonds is 6. The van der Waals surface area contributed by atoms with Gasteiger partial charge in [0.05, 0.1) is 18.8 Å². The maximum atomic E-state index is 12.6. The minimum Gasteiger partial charge on any atom is -0.417 e. The fraction of sp³-hybridized carbons (Fsp3) is 0.667. The summed E-state index contributed by atoms with van der Waals surface area (Å²) < 4.78 is 40.3. The number of carbonyl (C=O) groups is 1. The Bertz CT molecular complexity index is 675. The predicted molar refractivity (Wildman–Crippen MR) is 86.7 cm³/mol. The molecule has 1 amide bonds. The molecule has 2 unspecified atom stereocenters. The summed E-state index contributed by atoms with van der Waals surface area (Å²) in [5, 5.41) is 2.98. The van der Waals surface area contributed by atoms with Gasteiger partial charge in [-0.1, -0.05) is 6.07 Å². The Morgan fingerprint density at radius 1 is 1.31 bits per heavy atom. The van der Waals surface area contributed by atoms with Gasteiger partial charge in [0.1, 0.15) is 5.60 Å². The molecule has 3 fully saturated rings. The molecule has 1 saturated carbocycles. The van der Waals surface area contributed by atoms with Crippen molar-refractivity contribution < 1.29 is 27.8 Å². The number of hydrogen-bond acceptors (Lipinski definition) is 5. The highest BCUT2D eigenvalue weighted by Crippen LogP contribution is 2.59. The average molecular weight is 368 g/mol. The molecule has 2 aliphatic heterocycles. The van der Waals surface area contributed by atoms with Crippen LogP contribution in [-0.4, -0.2) is 43.9 Å². The second-order valence-corrected chi connectivity index (χ2v) is 7.28. The molecule has 0 radical (unpaired) electrons. The Hall–Kier alpha value is -1.80. The van der Waals surface area contributed by atoms with Crippen molar-refractivity contribution in [3.63, 3.8) is 0 Å². The zero-order valence-electron chi connectivity index (χ0n) is 14.4. The summed E-state index contributed by atoms with van der Waals surface area (Å²) >= 11 is 0. The molecule has 1 N–H and O–H groups in total. The third-order valence-corrected chi connectivity index (χ3v) is 5.83. The van der Waals surface area contributed by atoms with Crippen molar-refractivity contribution in [3.8, 4) is 5.88 Å². The Morgan fingerprint density at radius 2 is 2.08 bits per heavy atom. The molecule has 142 valence electrons. The second kappa shape index (κ2) is 6.74. The molecule has 1 aromatic rings. The lowest BCUT2D eigenvalue weighted by Crippen LogP contribution is -2.51. The van der Waals surface area contributed by atoms with Crippen molar-refractivity contribution >= 4 is 5.91 Å². The van der Waals surface area contributed by atoms with E-state index in [0.717, 1.165) is 32.5 Å². The number of alkyl halides is 2. The van der Waals surface area contributed by atoms with Gasteiger partial charge >= 0.3 is 6.61 Å². The molecule has 3 heterocycles. The fourth-order valence-corrected chi connectivity index (χ4v) is 4.01. The van der Waals surface area contributed by atoms with Crippen molar-refractivity contribution in [2.24, 2.45) is 11.3 Å². The number of ether oxygens (including phenoxy) is 3. The lowest BCUT2D eigenvalue weighted by atomic mass is 9.89. The van der Waals surface area contributed by atoms with Crippen LogP contribution in [0.2, 0.25) is 0 Å². The van der Waals surface area contributed by atoms with Gasteiger partial charge in [-0.15, -0.1) is 0 Å². The third kappa shape index (κ3) is 3.27. The van der Waals surface area contributed by atoms with Gasteiger partial charge in [-0.05, 0) is 30.7 Å². The summed E-state index contributed by atoms with van der Waals surface area (Å²) in [7, 11) is 0. The minimum absolute atomic E-state index is 0.0294. The molecule has 4 rings (SSSR count). The molecule has 8 heteroatoms. The fourth-order valence-electron chi connectivity index (χ4n) is 4.01. The number of nitrogens with zero attached hydrogens (tertiary/aromatic N) is 1. The molecule has 2 atom stereocenters. The van der Waals surface area contributed by atoms with Gasteiger partial charge in [-0.3, -0.25) is 4.79 Å². The Labute approximate surface area is 150 Å². The van der Waals surface area contributed by atoms with Crippen LogP contribution < -0.4 is 10.1 Å². The maximum absolute atomic E-state index is 12.6. The predicted octanol–water partition coefficient (Wildman–Crippen LogP) is 2.23. The number of pyridine rings is 1. The van der Waals surface area contributed by atoms with E-state index < -0.39 is 12.2 Å². The average Bonchev–Trinajstić information content (AvgIpc) is 3.27. The van der Waals surface area contributed by atoms with Crippen LogP contribution in [0.25, 0.3) is 0 Å². The Morgan fingerprint density at radius 3 is 2.73 bits per heavy atom. The molecule has 1 spiro atoms. The summed E-state index contributed by atoms with van der Waals surface area (Å²) in [6.07, 6.45) is 3.44. The zero-order chi connectivity index (χ0) is 18.2. The van der Waals surface area contributed by atoms with E-state index in [0.29, 0.717) is 18.7 Å². The number of hydrogen-bond donors (Lipinski definition) is 1. The van der Waals surface area contributed by atoms with Crippen LogP contribution >= 0.6 is 0 Å². The molecule has 3 aliphatic rings.